The summed E-state index contributed by atoms with van der Waals surface area (Å²) in [6.07, 6.45) is -4.33. The van der Waals surface area contributed by atoms with Crippen molar-refractivity contribution in [3.8, 4) is 0 Å². The molecule has 0 saturated heterocycles. The second-order valence-corrected chi connectivity index (χ2v) is 4.38. The summed E-state index contributed by atoms with van der Waals surface area (Å²) in [7, 11) is 1.18. The van der Waals surface area contributed by atoms with Crippen molar-refractivity contribution < 1.29 is 22.7 Å². The molecule has 3 nitrogen and oxygen atoms in total. The Kier molecular flexibility index (Phi) is 5.46. The average molecular weight is 316 g/mol. The second-order valence-electron chi connectivity index (χ2n) is 3.60. The van der Waals surface area contributed by atoms with Crippen molar-refractivity contribution in [2.24, 2.45) is 0 Å². The smallest absolute Gasteiger partial charge is 0.401 e. The van der Waals surface area contributed by atoms with Crippen LogP contribution in [-0.4, -0.2) is 25.8 Å². The number of esters is 1. The lowest BCUT2D eigenvalue weighted by Gasteiger charge is -2.12. The fourth-order valence-corrected chi connectivity index (χ4v) is 1.94. The lowest BCUT2D eigenvalue weighted by Crippen LogP contribution is -2.28. The first-order valence-electron chi connectivity index (χ1n) is 5.09. The largest absolute Gasteiger partial charge is 0.465 e. The van der Waals surface area contributed by atoms with Gasteiger partial charge in [0.15, 0.2) is 0 Å². The molecule has 106 valence electrons. The highest BCUT2D eigenvalue weighted by Crippen LogP contribution is 2.28. The van der Waals surface area contributed by atoms with E-state index in [0.29, 0.717) is 0 Å². The molecule has 0 unspecified atom stereocenters. The van der Waals surface area contributed by atoms with E-state index >= 15 is 0 Å². The minimum Gasteiger partial charge on any atom is -0.465 e. The first-order chi connectivity index (χ1) is 8.76. The minimum atomic E-state index is -4.33. The zero-order chi connectivity index (χ0) is 14.6. The number of alkyl halides is 3. The van der Waals surface area contributed by atoms with E-state index in [4.69, 9.17) is 23.2 Å². The zero-order valence-corrected chi connectivity index (χ0v) is 11.3. The SMILES string of the molecule is COC(=O)c1ccc(Cl)c(CNCC(F)(F)F)c1Cl. The molecule has 0 radical (unpaired) electrons. The van der Waals surface area contributed by atoms with E-state index in [0.717, 1.165) is 0 Å². The third-order valence-electron chi connectivity index (χ3n) is 2.22. The van der Waals surface area contributed by atoms with Gasteiger partial charge >= 0.3 is 12.1 Å². The van der Waals surface area contributed by atoms with Gasteiger partial charge in [-0.3, -0.25) is 0 Å². The molecule has 1 aromatic carbocycles. The van der Waals surface area contributed by atoms with Crippen LogP contribution in [0.3, 0.4) is 0 Å². The molecule has 0 saturated carbocycles. The van der Waals surface area contributed by atoms with Crippen LogP contribution in [0.2, 0.25) is 10.0 Å². The first kappa shape index (κ1) is 16.1. The molecular formula is C11H10Cl2F3NO2. The first-order valence-corrected chi connectivity index (χ1v) is 5.84. The number of carbonyl (C=O) groups is 1. The summed E-state index contributed by atoms with van der Waals surface area (Å²) in [4.78, 5) is 11.4. The highest BCUT2D eigenvalue weighted by molar-refractivity contribution is 6.37. The number of nitrogens with one attached hydrogen (secondary N) is 1. The normalized spacial score (nSPS) is 11.5. The Balaban J connectivity index is 2.91. The monoisotopic (exact) mass is 315 g/mol. The van der Waals surface area contributed by atoms with E-state index in [-0.39, 0.29) is 27.7 Å². The molecular weight excluding hydrogens is 306 g/mol. The van der Waals surface area contributed by atoms with Crippen LogP contribution in [0.15, 0.2) is 12.1 Å². The van der Waals surface area contributed by atoms with E-state index in [2.05, 4.69) is 10.1 Å². The predicted molar refractivity (Wildman–Crippen MR) is 65.6 cm³/mol. The third-order valence-corrected chi connectivity index (χ3v) is 3.00. The number of ether oxygens (including phenoxy) is 1. The van der Waals surface area contributed by atoms with E-state index < -0.39 is 18.7 Å². The summed E-state index contributed by atoms with van der Waals surface area (Å²) in [5.41, 5.74) is 0.271. The van der Waals surface area contributed by atoms with E-state index in [1.165, 1.54) is 19.2 Å². The van der Waals surface area contributed by atoms with Crippen molar-refractivity contribution in [1.82, 2.24) is 5.32 Å². The molecule has 1 N–H and O–H groups in total. The summed E-state index contributed by atoms with van der Waals surface area (Å²) in [6, 6.07) is 2.73. The topological polar surface area (TPSA) is 38.3 Å². The molecule has 0 spiro atoms. The van der Waals surface area contributed by atoms with Gasteiger partial charge < -0.3 is 10.1 Å². The van der Waals surface area contributed by atoms with Gasteiger partial charge in [-0.2, -0.15) is 13.2 Å². The minimum absolute atomic E-state index is 0.0194. The van der Waals surface area contributed by atoms with Crippen LogP contribution in [-0.2, 0) is 11.3 Å². The Hall–Kier alpha value is -0.980. The molecule has 0 atom stereocenters. The molecule has 19 heavy (non-hydrogen) atoms. The molecule has 0 aliphatic carbocycles. The Morgan fingerprint density at radius 1 is 1.37 bits per heavy atom. The van der Waals surface area contributed by atoms with Crippen LogP contribution in [0.4, 0.5) is 13.2 Å². The summed E-state index contributed by atoms with van der Waals surface area (Å²) in [5.74, 6) is -0.682. The lowest BCUT2D eigenvalue weighted by atomic mass is 10.1. The summed E-state index contributed by atoms with van der Waals surface area (Å²) in [6.45, 7) is -1.38. The Morgan fingerprint density at radius 3 is 2.53 bits per heavy atom. The van der Waals surface area contributed by atoms with Gasteiger partial charge in [0.2, 0.25) is 0 Å². The van der Waals surface area contributed by atoms with E-state index in [1.54, 1.807) is 0 Å². The highest BCUT2D eigenvalue weighted by atomic mass is 35.5. The Morgan fingerprint density at radius 2 is 2.00 bits per heavy atom. The molecule has 0 amide bonds. The number of carbonyl (C=O) groups excluding carboxylic acids is 1. The Labute approximate surface area is 117 Å². The van der Waals surface area contributed by atoms with Crippen LogP contribution in [0.5, 0.6) is 0 Å². The molecule has 1 aromatic rings. The number of halogens is 5. The van der Waals surface area contributed by atoms with Crippen LogP contribution < -0.4 is 5.32 Å². The number of methoxy groups -OCH3 is 1. The summed E-state index contributed by atoms with van der Waals surface area (Å²) >= 11 is 11.8. The highest BCUT2D eigenvalue weighted by Gasteiger charge is 2.26. The van der Waals surface area contributed by atoms with Crippen LogP contribution >= 0.6 is 23.2 Å². The maximum atomic E-state index is 12.0. The average Bonchev–Trinajstić information content (AvgIpc) is 2.31. The molecule has 0 fully saturated rings. The maximum absolute atomic E-state index is 12.0. The summed E-state index contributed by atoms with van der Waals surface area (Å²) < 4.78 is 40.6. The second kappa shape index (κ2) is 6.45. The van der Waals surface area contributed by atoms with Crippen LogP contribution in [0, 0.1) is 0 Å². The van der Waals surface area contributed by atoms with Crippen molar-refractivity contribution >= 4 is 29.2 Å². The van der Waals surface area contributed by atoms with Crippen LogP contribution in [0.1, 0.15) is 15.9 Å². The van der Waals surface area contributed by atoms with Crippen molar-refractivity contribution in [3.63, 3.8) is 0 Å². The fraction of sp³-hybridized carbons (Fsp3) is 0.364. The van der Waals surface area contributed by atoms with Crippen molar-refractivity contribution in [2.75, 3.05) is 13.7 Å². The number of rotatable bonds is 4. The molecule has 0 aromatic heterocycles. The molecule has 8 heteroatoms. The quantitative estimate of drug-likeness (QED) is 0.865. The van der Waals surface area contributed by atoms with Gasteiger partial charge in [-0.05, 0) is 12.1 Å². The van der Waals surface area contributed by atoms with Gasteiger partial charge in [-0.1, -0.05) is 23.2 Å². The van der Waals surface area contributed by atoms with Gasteiger partial charge in [-0.25, -0.2) is 4.79 Å². The van der Waals surface area contributed by atoms with Gasteiger partial charge in [-0.15, -0.1) is 0 Å². The molecule has 0 bridgehead atoms. The maximum Gasteiger partial charge on any atom is 0.401 e. The van der Waals surface area contributed by atoms with Gasteiger partial charge in [0.1, 0.15) is 0 Å². The van der Waals surface area contributed by atoms with Gasteiger partial charge in [0.25, 0.3) is 0 Å². The van der Waals surface area contributed by atoms with Gasteiger partial charge in [0.05, 0.1) is 24.2 Å². The summed E-state index contributed by atoms with van der Waals surface area (Å²) in [5, 5.41) is 2.32. The van der Waals surface area contributed by atoms with E-state index in [9.17, 15) is 18.0 Å². The molecule has 0 aliphatic heterocycles. The van der Waals surface area contributed by atoms with Gasteiger partial charge in [0, 0.05) is 17.1 Å². The predicted octanol–water partition coefficient (Wildman–Crippen LogP) is 3.43. The Bertz CT molecular complexity index is 478. The number of benzene rings is 1. The lowest BCUT2D eigenvalue weighted by molar-refractivity contribution is -0.125. The molecule has 1 rings (SSSR count). The number of hydrogen-bond donors (Lipinski definition) is 1. The standard InChI is InChI=1S/C11H10Cl2F3NO2/c1-19-10(18)6-2-3-8(12)7(9(6)13)4-17-5-11(14,15)16/h2-3,17H,4-5H2,1H3. The van der Waals surface area contributed by atoms with Crippen molar-refractivity contribution in [3.05, 3.63) is 33.3 Å². The van der Waals surface area contributed by atoms with Crippen LogP contribution in [0.25, 0.3) is 0 Å². The zero-order valence-electron chi connectivity index (χ0n) is 9.78. The van der Waals surface area contributed by atoms with Crippen molar-refractivity contribution in [2.45, 2.75) is 12.7 Å². The van der Waals surface area contributed by atoms with E-state index in [1.807, 2.05) is 0 Å². The fourth-order valence-electron chi connectivity index (χ4n) is 1.36. The third kappa shape index (κ3) is 4.56. The van der Waals surface area contributed by atoms with Crippen molar-refractivity contribution in [1.29, 1.82) is 0 Å². The molecule has 0 aliphatic rings. The molecule has 0 heterocycles. The number of hydrogen-bond acceptors (Lipinski definition) is 3.